The summed E-state index contributed by atoms with van der Waals surface area (Å²) in [5, 5.41) is 1.37. The minimum absolute atomic E-state index is 0. The number of aromatic nitrogens is 2. The van der Waals surface area contributed by atoms with Gasteiger partial charge in [0.25, 0.3) is 0 Å². The molecule has 0 saturated carbocycles. The predicted octanol–water partition coefficient (Wildman–Crippen LogP) is 10.0. The van der Waals surface area contributed by atoms with Gasteiger partial charge in [0.15, 0.2) is 0 Å². The van der Waals surface area contributed by atoms with Crippen LogP contribution in [0.3, 0.4) is 0 Å². The fraction of sp³-hybridized carbons (Fsp3) is 0.300. The average Bonchev–Trinajstić information content (AvgIpc) is 2.98. The Hall–Kier alpha value is -3.24. The summed E-state index contributed by atoms with van der Waals surface area (Å²) in [7, 11) is -1.49. The molecule has 2 heterocycles. The summed E-state index contributed by atoms with van der Waals surface area (Å²) in [6.07, 6.45) is 4.82. The molecule has 2 aromatic heterocycles. The first-order valence-electron chi connectivity index (χ1n) is 15.3. The van der Waals surface area contributed by atoms with Crippen molar-refractivity contribution in [2.75, 3.05) is 0 Å². The van der Waals surface area contributed by atoms with Crippen LogP contribution in [0.4, 0.5) is 4.39 Å². The van der Waals surface area contributed by atoms with Crippen molar-refractivity contribution in [3.8, 4) is 22.5 Å². The molecular formula is C40H45FIrN2Si-2. The topological polar surface area (TPSA) is 25.8 Å². The molecule has 0 amide bonds. The molecule has 5 aromatic rings. The smallest absolute Gasteiger partial charge is 0.0798 e. The van der Waals surface area contributed by atoms with E-state index in [0.717, 1.165) is 17.7 Å². The van der Waals surface area contributed by atoms with E-state index in [9.17, 15) is 4.39 Å². The van der Waals surface area contributed by atoms with Gasteiger partial charge in [-0.1, -0.05) is 120 Å². The molecule has 1 radical (unpaired) electrons. The third-order valence-corrected chi connectivity index (χ3v) is 9.93. The van der Waals surface area contributed by atoms with Crippen LogP contribution in [0.2, 0.25) is 19.6 Å². The van der Waals surface area contributed by atoms with Crippen molar-refractivity contribution in [1.29, 1.82) is 0 Å². The van der Waals surface area contributed by atoms with Gasteiger partial charge < -0.3 is 9.97 Å². The van der Waals surface area contributed by atoms with Gasteiger partial charge in [-0.3, -0.25) is 4.39 Å². The van der Waals surface area contributed by atoms with Crippen LogP contribution in [-0.4, -0.2) is 18.0 Å². The summed E-state index contributed by atoms with van der Waals surface area (Å²) >= 11 is 0. The maximum atomic E-state index is 14.4. The van der Waals surface area contributed by atoms with Crippen LogP contribution >= 0.6 is 0 Å². The summed E-state index contributed by atoms with van der Waals surface area (Å²) in [4.78, 5) is 9.06. The van der Waals surface area contributed by atoms with E-state index in [4.69, 9.17) is 0 Å². The first-order valence-corrected chi connectivity index (χ1v) is 18.8. The first-order chi connectivity index (χ1) is 20.7. The summed E-state index contributed by atoms with van der Waals surface area (Å²) in [5.41, 5.74) is 7.80. The van der Waals surface area contributed by atoms with Crippen LogP contribution in [0.1, 0.15) is 56.9 Å². The van der Waals surface area contributed by atoms with E-state index < -0.39 is 8.07 Å². The maximum Gasteiger partial charge on any atom is 0.0798 e. The molecule has 2 nitrogen and oxygen atoms in total. The van der Waals surface area contributed by atoms with E-state index in [1.807, 2.05) is 36.7 Å². The Morgan fingerprint density at radius 2 is 1.44 bits per heavy atom. The Morgan fingerprint density at radius 3 is 2.07 bits per heavy atom. The molecular weight excluding hydrogens is 748 g/mol. The summed E-state index contributed by atoms with van der Waals surface area (Å²) in [5.74, 6) is -0.220. The quantitative estimate of drug-likeness (QED) is 0.126. The minimum atomic E-state index is -1.49. The van der Waals surface area contributed by atoms with Crippen LogP contribution in [0, 0.1) is 30.3 Å². The van der Waals surface area contributed by atoms with Crippen molar-refractivity contribution in [3.05, 3.63) is 138 Å². The van der Waals surface area contributed by atoms with Crippen molar-refractivity contribution in [2.24, 2.45) is 5.41 Å². The van der Waals surface area contributed by atoms with E-state index in [0.29, 0.717) is 16.8 Å². The molecule has 0 unspecified atom stereocenters. The largest absolute Gasteiger partial charge is 0.305 e. The Labute approximate surface area is 285 Å². The summed E-state index contributed by atoms with van der Waals surface area (Å²) in [6.45, 7) is 20.0. The van der Waals surface area contributed by atoms with Crippen molar-refractivity contribution in [3.63, 3.8) is 0 Å². The number of pyridine rings is 2. The van der Waals surface area contributed by atoms with E-state index in [2.05, 4.69) is 125 Å². The number of rotatable bonds is 6. The molecule has 0 atom stereocenters. The molecule has 0 bridgehead atoms. The third-order valence-electron chi connectivity index (χ3n) is 7.86. The van der Waals surface area contributed by atoms with Gasteiger partial charge in [0.2, 0.25) is 0 Å². The van der Waals surface area contributed by atoms with Crippen LogP contribution < -0.4 is 5.19 Å². The van der Waals surface area contributed by atoms with Crippen molar-refractivity contribution in [1.82, 2.24) is 9.97 Å². The standard InChI is InChI=1S/C20H27FNSi.C20H18N.Ir/c1-14-9-8-10-16(19(14)21)17-11-15(12-20(2,3)4)18(13-22-17)23(5,6)7;1-20(2,17-11-7-4-8-12-17)18-13-14-21-19(15-18)16-9-5-3-6-10-16;/h8-9,11,13H,12H2,1-7H3;3-9,11-15H,1-2H3;/q2*-1;. The SMILES string of the molecule is CC(C)(c1ccccc1)c1ccnc(-c2[c-]cccc2)c1.Cc1cc[c-]c(-c2cc(CC(C)(C)C)c([Si](C)(C)C)cn2)c1F.[Ir]. The van der Waals surface area contributed by atoms with Gasteiger partial charge >= 0.3 is 0 Å². The zero-order chi connectivity index (χ0) is 32.1. The summed E-state index contributed by atoms with van der Waals surface area (Å²) in [6, 6.07) is 34.6. The third kappa shape index (κ3) is 9.39. The zero-order valence-corrected chi connectivity index (χ0v) is 31.4. The molecule has 5 rings (SSSR count). The molecule has 237 valence electrons. The fourth-order valence-corrected chi connectivity index (χ4v) is 6.91. The zero-order valence-electron chi connectivity index (χ0n) is 28.1. The van der Waals surface area contributed by atoms with Crippen molar-refractivity contribution >= 4 is 13.3 Å². The van der Waals surface area contributed by atoms with Gasteiger partial charge in [0.05, 0.1) is 8.07 Å². The molecule has 45 heavy (non-hydrogen) atoms. The van der Waals surface area contributed by atoms with Crippen LogP contribution in [0.25, 0.3) is 22.5 Å². The minimum Gasteiger partial charge on any atom is -0.305 e. The van der Waals surface area contributed by atoms with Gasteiger partial charge in [0.1, 0.15) is 0 Å². The van der Waals surface area contributed by atoms with Gasteiger partial charge in [-0.15, -0.1) is 54.1 Å². The molecule has 5 heteroatoms. The predicted molar refractivity (Wildman–Crippen MR) is 186 cm³/mol. The Bertz CT molecular complexity index is 1690. The molecule has 3 aromatic carbocycles. The molecule has 0 aliphatic carbocycles. The van der Waals surface area contributed by atoms with E-state index in [-0.39, 0.29) is 36.8 Å². The number of aryl methyl sites for hydroxylation is 1. The second-order valence-electron chi connectivity index (χ2n) is 14.3. The van der Waals surface area contributed by atoms with Gasteiger partial charge in [0, 0.05) is 43.7 Å². The number of hydrogen-bond acceptors (Lipinski definition) is 2. The van der Waals surface area contributed by atoms with Gasteiger partial charge in [-0.2, -0.15) is 0 Å². The van der Waals surface area contributed by atoms with Crippen LogP contribution in [0.15, 0.2) is 97.3 Å². The molecule has 0 saturated heterocycles. The van der Waals surface area contributed by atoms with Gasteiger partial charge in [-0.05, 0) is 45.6 Å². The number of nitrogens with zero attached hydrogens (tertiary/aromatic N) is 2. The monoisotopic (exact) mass is 793 g/mol. The normalized spacial score (nSPS) is 11.7. The van der Waals surface area contributed by atoms with E-state index >= 15 is 0 Å². The fourth-order valence-electron chi connectivity index (χ4n) is 5.34. The van der Waals surface area contributed by atoms with E-state index in [1.165, 1.54) is 21.9 Å². The van der Waals surface area contributed by atoms with Crippen LogP contribution in [0.5, 0.6) is 0 Å². The van der Waals surface area contributed by atoms with E-state index in [1.54, 1.807) is 19.1 Å². The molecule has 0 spiro atoms. The Kier molecular flexibility index (Phi) is 12.0. The van der Waals surface area contributed by atoms with Crippen molar-refractivity contribution in [2.45, 2.75) is 73.0 Å². The summed E-state index contributed by atoms with van der Waals surface area (Å²) < 4.78 is 14.4. The maximum absolute atomic E-state index is 14.4. The van der Waals surface area contributed by atoms with Crippen molar-refractivity contribution < 1.29 is 24.5 Å². The van der Waals surface area contributed by atoms with Gasteiger partial charge in [-0.25, -0.2) is 0 Å². The first kappa shape index (κ1) is 36.2. The second kappa shape index (κ2) is 14.9. The molecule has 0 aliphatic rings. The Balaban J connectivity index is 0.000000241. The molecule has 0 aliphatic heterocycles. The second-order valence-corrected chi connectivity index (χ2v) is 19.3. The number of hydrogen-bond donors (Lipinski definition) is 0. The Morgan fingerprint density at radius 1 is 0.756 bits per heavy atom. The average molecular weight is 793 g/mol. The van der Waals surface area contributed by atoms with Crippen LogP contribution in [-0.2, 0) is 31.9 Å². The number of halogens is 1. The number of benzene rings is 3. The molecule has 0 N–H and O–H groups in total. The molecule has 0 fully saturated rings.